The molecule has 0 bridgehead atoms. The number of hydrazone groups is 1. The van der Waals surface area contributed by atoms with E-state index in [4.69, 9.17) is 16.0 Å². The fraction of sp³-hybridized carbons (Fsp3) is 0.200. The summed E-state index contributed by atoms with van der Waals surface area (Å²) in [6, 6.07) is 12.0. The van der Waals surface area contributed by atoms with Crippen molar-refractivity contribution in [3.63, 3.8) is 0 Å². The van der Waals surface area contributed by atoms with Crippen molar-refractivity contribution in [2.45, 2.75) is 13.8 Å². The lowest BCUT2D eigenvalue weighted by molar-refractivity contribution is 0.0929. The van der Waals surface area contributed by atoms with E-state index in [0.29, 0.717) is 16.2 Å². The Balaban J connectivity index is 1.69. The first-order valence-corrected chi connectivity index (χ1v) is 9.00. The summed E-state index contributed by atoms with van der Waals surface area (Å²) in [7, 11) is 0. The van der Waals surface area contributed by atoms with Crippen molar-refractivity contribution in [3.05, 3.63) is 58.8 Å². The van der Waals surface area contributed by atoms with E-state index in [2.05, 4.69) is 29.3 Å². The highest BCUT2D eigenvalue weighted by Crippen LogP contribution is 2.24. The van der Waals surface area contributed by atoms with Crippen molar-refractivity contribution in [1.82, 2.24) is 5.43 Å². The summed E-state index contributed by atoms with van der Waals surface area (Å²) < 4.78 is 5.48. The standard InChI is InChI=1S/C20H20ClN3O3/c1-3-24(4-2)16-7-5-13(17(25)11-16)12-22-23-20(26)19-10-14-9-15(21)6-8-18(14)27-19/h5-12,25H,3-4H2,1-2H3,(H,23,26)/b22-12+. The number of halogens is 1. The molecule has 1 amide bonds. The molecule has 0 saturated heterocycles. The second-order valence-corrected chi connectivity index (χ2v) is 6.34. The van der Waals surface area contributed by atoms with Crippen molar-refractivity contribution in [3.8, 4) is 5.75 Å². The van der Waals surface area contributed by atoms with Gasteiger partial charge in [0, 0.05) is 40.8 Å². The predicted octanol–water partition coefficient (Wildman–Crippen LogP) is 4.40. The molecule has 0 radical (unpaired) electrons. The minimum atomic E-state index is -0.488. The minimum Gasteiger partial charge on any atom is -0.507 e. The van der Waals surface area contributed by atoms with Crippen molar-refractivity contribution in [2.75, 3.05) is 18.0 Å². The van der Waals surface area contributed by atoms with Gasteiger partial charge in [-0.05, 0) is 50.2 Å². The number of fused-ring (bicyclic) bond motifs is 1. The van der Waals surface area contributed by atoms with Crippen LogP contribution < -0.4 is 10.3 Å². The molecule has 2 N–H and O–H groups in total. The molecule has 3 rings (SSSR count). The number of anilines is 1. The van der Waals surface area contributed by atoms with E-state index in [9.17, 15) is 9.90 Å². The van der Waals surface area contributed by atoms with Crippen LogP contribution in [0.15, 0.2) is 52.0 Å². The van der Waals surface area contributed by atoms with Crippen LogP contribution in [-0.4, -0.2) is 30.3 Å². The molecule has 2 aromatic carbocycles. The molecule has 1 heterocycles. The van der Waals surface area contributed by atoms with Crippen molar-refractivity contribution >= 4 is 40.4 Å². The summed E-state index contributed by atoms with van der Waals surface area (Å²) in [4.78, 5) is 14.3. The topological polar surface area (TPSA) is 78.1 Å². The lowest BCUT2D eigenvalue weighted by atomic mass is 10.2. The molecule has 0 spiro atoms. The molecule has 0 aliphatic heterocycles. The maximum Gasteiger partial charge on any atom is 0.307 e. The highest BCUT2D eigenvalue weighted by Gasteiger charge is 2.12. The Kier molecular flexibility index (Phi) is 5.66. The Morgan fingerprint density at radius 1 is 1.22 bits per heavy atom. The van der Waals surface area contributed by atoms with Crippen LogP contribution in [0.5, 0.6) is 5.75 Å². The fourth-order valence-corrected chi connectivity index (χ4v) is 2.95. The molecule has 27 heavy (non-hydrogen) atoms. The maximum absolute atomic E-state index is 12.2. The van der Waals surface area contributed by atoms with Gasteiger partial charge >= 0.3 is 5.91 Å². The number of phenolic OH excluding ortho intramolecular Hbond substituents is 1. The third-order valence-corrected chi connectivity index (χ3v) is 4.45. The number of phenols is 1. The monoisotopic (exact) mass is 385 g/mol. The zero-order valence-electron chi connectivity index (χ0n) is 15.1. The van der Waals surface area contributed by atoms with Crippen LogP contribution in [-0.2, 0) is 0 Å². The number of furan rings is 1. The number of hydrogen-bond acceptors (Lipinski definition) is 5. The van der Waals surface area contributed by atoms with E-state index in [1.807, 2.05) is 6.07 Å². The molecule has 0 aliphatic rings. The van der Waals surface area contributed by atoms with Gasteiger partial charge in [-0.25, -0.2) is 5.43 Å². The average Bonchev–Trinajstić information content (AvgIpc) is 3.07. The molecule has 7 heteroatoms. The van der Waals surface area contributed by atoms with Gasteiger partial charge in [-0.15, -0.1) is 0 Å². The van der Waals surface area contributed by atoms with Gasteiger partial charge in [-0.1, -0.05) is 11.6 Å². The number of carbonyl (C=O) groups is 1. The zero-order valence-corrected chi connectivity index (χ0v) is 15.8. The van der Waals surface area contributed by atoms with Crippen molar-refractivity contribution < 1.29 is 14.3 Å². The Morgan fingerprint density at radius 2 is 2.00 bits per heavy atom. The van der Waals surface area contributed by atoms with Crippen LogP contribution in [0.1, 0.15) is 30.0 Å². The predicted molar refractivity (Wildman–Crippen MR) is 108 cm³/mol. The lowest BCUT2D eigenvalue weighted by Crippen LogP contribution is -2.21. The van der Waals surface area contributed by atoms with Gasteiger partial charge in [0.15, 0.2) is 5.76 Å². The second-order valence-electron chi connectivity index (χ2n) is 5.91. The molecule has 6 nitrogen and oxygen atoms in total. The van der Waals surface area contributed by atoms with Gasteiger partial charge in [0.2, 0.25) is 0 Å². The zero-order chi connectivity index (χ0) is 19.4. The van der Waals surface area contributed by atoms with Crippen LogP contribution in [0, 0.1) is 0 Å². The first-order valence-electron chi connectivity index (χ1n) is 8.62. The molecular formula is C20H20ClN3O3. The first kappa shape index (κ1) is 18.8. The summed E-state index contributed by atoms with van der Waals surface area (Å²) in [5.74, 6) is -0.265. The third-order valence-electron chi connectivity index (χ3n) is 4.21. The number of nitrogens with one attached hydrogen (secondary N) is 1. The molecule has 0 aliphatic carbocycles. The van der Waals surface area contributed by atoms with Gasteiger partial charge in [0.1, 0.15) is 11.3 Å². The highest BCUT2D eigenvalue weighted by atomic mass is 35.5. The molecule has 0 unspecified atom stereocenters. The molecule has 0 fully saturated rings. The minimum absolute atomic E-state index is 0.0933. The Morgan fingerprint density at radius 3 is 2.70 bits per heavy atom. The number of benzene rings is 2. The molecule has 0 saturated carbocycles. The summed E-state index contributed by atoms with van der Waals surface area (Å²) in [5.41, 5.74) is 4.39. The highest BCUT2D eigenvalue weighted by molar-refractivity contribution is 6.31. The number of nitrogens with zero attached hydrogens (tertiary/aromatic N) is 2. The lowest BCUT2D eigenvalue weighted by Gasteiger charge is -2.21. The molecular weight excluding hydrogens is 366 g/mol. The third kappa shape index (κ3) is 4.23. The molecule has 140 valence electrons. The first-order chi connectivity index (χ1) is 13.0. The van der Waals surface area contributed by atoms with Crippen molar-refractivity contribution in [2.24, 2.45) is 5.10 Å². The van der Waals surface area contributed by atoms with Crippen LogP contribution in [0.2, 0.25) is 5.02 Å². The number of aromatic hydroxyl groups is 1. The SMILES string of the molecule is CCN(CC)c1ccc(/C=N/NC(=O)c2cc3cc(Cl)ccc3o2)c(O)c1. The van der Waals surface area contributed by atoms with Gasteiger partial charge in [-0.2, -0.15) is 5.10 Å². The van der Waals surface area contributed by atoms with Gasteiger partial charge in [0.25, 0.3) is 0 Å². The average molecular weight is 386 g/mol. The van der Waals surface area contributed by atoms with Crippen LogP contribution in [0.3, 0.4) is 0 Å². The maximum atomic E-state index is 12.2. The number of rotatable bonds is 6. The fourth-order valence-electron chi connectivity index (χ4n) is 2.77. The van der Waals surface area contributed by atoms with E-state index < -0.39 is 5.91 Å². The van der Waals surface area contributed by atoms with Gasteiger partial charge in [0.05, 0.1) is 6.21 Å². The molecule has 0 atom stereocenters. The van der Waals surface area contributed by atoms with E-state index >= 15 is 0 Å². The largest absolute Gasteiger partial charge is 0.507 e. The van der Waals surface area contributed by atoms with Crippen molar-refractivity contribution in [1.29, 1.82) is 0 Å². The van der Waals surface area contributed by atoms with Crippen LogP contribution >= 0.6 is 11.6 Å². The van der Waals surface area contributed by atoms with Crippen LogP contribution in [0.4, 0.5) is 5.69 Å². The number of amides is 1. The number of hydrogen-bond donors (Lipinski definition) is 2. The molecule has 1 aromatic heterocycles. The Labute approximate surface area is 162 Å². The van der Waals surface area contributed by atoms with E-state index in [0.717, 1.165) is 24.2 Å². The Bertz CT molecular complexity index is 993. The van der Waals surface area contributed by atoms with Crippen LogP contribution in [0.25, 0.3) is 11.0 Å². The van der Waals surface area contributed by atoms with E-state index in [1.54, 1.807) is 36.4 Å². The summed E-state index contributed by atoms with van der Waals surface area (Å²) in [6.07, 6.45) is 1.39. The van der Waals surface area contributed by atoms with Gasteiger partial charge < -0.3 is 14.4 Å². The normalized spacial score (nSPS) is 11.2. The number of carbonyl (C=O) groups excluding carboxylic acids is 1. The summed E-state index contributed by atoms with van der Waals surface area (Å²) >= 11 is 5.93. The quantitative estimate of drug-likeness (QED) is 0.487. The smallest absolute Gasteiger partial charge is 0.307 e. The van der Waals surface area contributed by atoms with E-state index in [1.165, 1.54) is 6.21 Å². The van der Waals surface area contributed by atoms with Gasteiger partial charge in [-0.3, -0.25) is 4.79 Å². The molecule has 3 aromatic rings. The summed E-state index contributed by atoms with van der Waals surface area (Å²) in [6.45, 7) is 5.80. The second kappa shape index (κ2) is 8.14. The summed E-state index contributed by atoms with van der Waals surface area (Å²) in [5, 5.41) is 15.4. The Hall–Kier alpha value is -2.99. The van der Waals surface area contributed by atoms with E-state index in [-0.39, 0.29) is 11.5 Å².